The summed E-state index contributed by atoms with van der Waals surface area (Å²) < 4.78 is 1.72. The second-order valence-electron chi connectivity index (χ2n) is 6.96. The molecule has 0 aromatic carbocycles. The molecule has 0 N–H and O–H groups in total. The van der Waals surface area contributed by atoms with E-state index in [0.717, 1.165) is 45.1 Å². The quantitative estimate of drug-likeness (QED) is 0.852. The number of amides is 2. The van der Waals surface area contributed by atoms with Gasteiger partial charge in [-0.15, -0.1) is 0 Å². The summed E-state index contributed by atoms with van der Waals surface area (Å²) in [6.45, 7) is 4.18. The largest absolute Gasteiger partial charge is 0.338 e. The maximum absolute atomic E-state index is 13.2. The van der Waals surface area contributed by atoms with Gasteiger partial charge in [0.15, 0.2) is 0 Å². The number of likely N-dealkylation sites (tertiary alicyclic amines) is 2. The summed E-state index contributed by atoms with van der Waals surface area (Å²) in [4.78, 5) is 30.2. The van der Waals surface area contributed by atoms with E-state index < -0.39 is 5.54 Å². The van der Waals surface area contributed by atoms with E-state index in [4.69, 9.17) is 0 Å². The van der Waals surface area contributed by atoms with Crippen molar-refractivity contribution in [1.82, 2.24) is 19.6 Å². The standard InChI is InChI=1S/C17H24N4O2/c1-2-21-14(7-10-18-21)15(22)20-12-4-9-17(20)8-3-11-19(16(17)23)13-5-6-13/h7,10,13H,2-6,8-9,11-12H2,1H3. The van der Waals surface area contributed by atoms with Gasteiger partial charge in [-0.2, -0.15) is 5.10 Å². The van der Waals surface area contributed by atoms with Crippen LogP contribution in [0.1, 0.15) is 55.9 Å². The summed E-state index contributed by atoms with van der Waals surface area (Å²) in [6, 6.07) is 2.20. The summed E-state index contributed by atoms with van der Waals surface area (Å²) in [7, 11) is 0. The predicted molar refractivity (Wildman–Crippen MR) is 84.9 cm³/mol. The monoisotopic (exact) mass is 316 g/mol. The molecule has 124 valence electrons. The maximum Gasteiger partial charge on any atom is 0.273 e. The number of carbonyl (C=O) groups is 2. The fourth-order valence-electron chi connectivity index (χ4n) is 4.31. The maximum atomic E-state index is 13.2. The molecule has 1 aromatic rings. The molecule has 1 aromatic heterocycles. The highest BCUT2D eigenvalue weighted by molar-refractivity contribution is 5.99. The molecule has 0 radical (unpaired) electrons. The summed E-state index contributed by atoms with van der Waals surface area (Å²) in [6.07, 6.45) is 7.44. The van der Waals surface area contributed by atoms with Crippen LogP contribution in [0.2, 0.25) is 0 Å². The number of aryl methyl sites for hydroxylation is 1. The molecule has 2 saturated heterocycles. The first-order valence-corrected chi connectivity index (χ1v) is 8.82. The molecule has 2 aliphatic heterocycles. The number of rotatable bonds is 3. The third kappa shape index (κ3) is 2.18. The summed E-state index contributed by atoms with van der Waals surface area (Å²) in [5, 5.41) is 4.21. The number of aromatic nitrogens is 2. The average Bonchev–Trinajstić information content (AvgIpc) is 3.14. The van der Waals surface area contributed by atoms with E-state index in [1.54, 1.807) is 16.9 Å². The number of hydrogen-bond acceptors (Lipinski definition) is 3. The molecule has 0 bridgehead atoms. The summed E-state index contributed by atoms with van der Waals surface area (Å²) in [5.41, 5.74) is 0.00550. The Morgan fingerprint density at radius 3 is 2.74 bits per heavy atom. The van der Waals surface area contributed by atoms with Gasteiger partial charge in [-0.05, 0) is 51.5 Å². The molecule has 6 nitrogen and oxygen atoms in total. The van der Waals surface area contributed by atoms with Gasteiger partial charge in [0, 0.05) is 31.9 Å². The van der Waals surface area contributed by atoms with Gasteiger partial charge >= 0.3 is 0 Å². The van der Waals surface area contributed by atoms with Crippen molar-refractivity contribution in [3.05, 3.63) is 18.0 Å². The smallest absolute Gasteiger partial charge is 0.273 e. The van der Waals surface area contributed by atoms with Gasteiger partial charge in [-0.1, -0.05) is 0 Å². The minimum absolute atomic E-state index is 0.0344. The van der Waals surface area contributed by atoms with E-state index in [1.807, 2.05) is 16.7 Å². The first-order valence-electron chi connectivity index (χ1n) is 8.82. The number of piperidine rings is 1. The Morgan fingerprint density at radius 2 is 2.04 bits per heavy atom. The minimum Gasteiger partial charge on any atom is -0.338 e. The highest BCUT2D eigenvalue weighted by Crippen LogP contribution is 2.42. The fourth-order valence-corrected chi connectivity index (χ4v) is 4.31. The van der Waals surface area contributed by atoms with Crippen molar-refractivity contribution in [2.24, 2.45) is 0 Å². The van der Waals surface area contributed by atoms with Gasteiger partial charge in [0.2, 0.25) is 5.91 Å². The van der Waals surface area contributed by atoms with Crippen molar-refractivity contribution >= 4 is 11.8 Å². The fraction of sp³-hybridized carbons (Fsp3) is 0.706. The molecule has 3 heterocycles. The molecule has 6 heteroatoms. The molecule has 3 fully saturated rings. The molecule has 1 spiro atoms. The lowest BCUT2D eigenvalue weighted by atomic mass is 9.85. The topological polar surface area (TPSA) is 58.4 Å². The normalized spacial score (nSPS) is 28.0. The van der Waals surface area contributed by atoms with Crippen LogP contribution in [0.4, 0.5) is 0 Å². The van der Waals surface area contributed by atoms with E-state index in [1.165, 1.54) is 0 Å². The lowest BCUT2D eigenvalue weighted by Crippen LogP contribution is -2.61. The molecule has 1 unspecified atom stereocenters. The molecule has 4 rings (SSSR count). The third-order valence-corrected chi connectivity index (χ3v) is 5.61. The Morgan fingerprint density at radius 1 is 1.30 bits per heavy atom. The number of carbonyl (C=O) groups excluding carboxylic acids is 2. The van der Waals surface area contributed by atoms with Gasteiger partial charge < -0.3 is 9.80 Å². The first-order chi connectivity index (χ1) is 11.2. The van der Waals surface area contributed by atoms with Crippen LogP contribution in [0.5, 0.6) is 0 Å². The van der Waals surface area contributed by atoms with Gasteiger partial charge in [0.05, 0.1) is 0 Å². The highest BCUT2D eigenvalue weighted by atomic mass is 16.2. The van der Waals surface area contributed by atoms with Crippen molar-refractivity contribution < 1.29 is 9.59 Å². The third-order valence-electron chi connectivity index (χ3n) is 5.61. The van der Waals surface area contributed by atoms with Gasteiger partial charge in [-0.25, -0.2) is 0 Å². The van der Waals surface area contributed by atoms with Crippen molar-refractivity contribution in [3.8, 4) is 0 Å². The SMILES string of the molecule is CCn1nccc1C(=O)N1CCCC12CCCN(C1CC1)C2=O. The summed E-state index contributed by atoms with van der Waals surface area (Å²) in [5.74, 6) is 0.160. The predicted octanol–water partition coefficient (Wildman–Crippen LogP) is 1.66. The van der Waals surface area contributed by atoms with Crippen LogP contribution in [0, 0.1) is 0 Å². The molecular formula is C17H24N4O2. The van der Waals surface area contributed by atoms with E-state index in [9.17, 15) is 9.59 Å². The van der Waals surface area contributed by atoms with E-state index in [0.29, 0.717) is 24.8 Å². The molecular weight excluding hydrogens is 292 g/mol. The molecule has 2 amide bonds. The van der Waals surface area contributed by atoms with Crippen molar-refractivity contribution in [3.63, 3.8) is 0 Å². The van der Waals surface area contributed by atoms with Crippen LogP contribution in [-0.2, 0) is 11.3 Å². The lowest BCUT2D eigenvalue weighted by Gasteiger charge is -2.44. The Hall–Kier alpha value is -1.85. The van der Waals surface area contributed by atoms with Crippen LogP contribution < -0.4 is 0 Å². The Balaban J connectivity index is 1.65. The van der Waals surface area contributed by atoms with Crippen LogP contribution >= 0.6 is 0 Å². The van der Waals surface area contributed by atoms with Crippen LogP contribution in [-0.4, -0.2) is 56.1 Å². The van der Waals surface area contributed by atoms with Crippen molar-refractivity contribution in [1.29, 1.82) is 0 Å². The molecule has 1 saturated carbocycles. The Labute approximate surface area is 136 Å². The second-order valence-corrected chi connectivity index (χ2v) is 6.96. The average molecular weight is 316 g/mol. The summed E-state index contributed by atoms with van der Waals surface area (Å²) >= 11 is 0. The highest BCUT2D eigenvalue weighted by Gasteiger charge is 2.55. The Kier molecular flexibility index (Phi) is 3.43. The van der Waals surface area contributed by atoms with Crippen LogP contribution in [0.3, 0.4) is 0 Å². The van der Waals surface area contributed by atoms with E-state index in [-0.39, 0.29) is 11.8 Å². The zero-order chi connectivity index (χ0) is 16.0. The molecule has 3 aliphatic rings. The van der Waals surface area contributed by atoms with Gasteiger partial charge in [-0.3, -0.25) is 14.3 Å². The number of nitrogens with zero attached hydrogens (tertiary/aromatic N) is 4. The Bertz CT molecular complexity index is 636. The van der Waals surface area contributed by atoms with Crippen LogP contribution in [0.15, 0.2) is 12.3 Å². The van der Waals surface area contributed by atoms with Gasteiger partial charge in [0.25, 0.3) is 5.91 Å². The zero-order valence-electron chi connectivity index (χ0n) is 13.7. The lowest BCUT2D eigenvalue weighted by molar-refractivity contribution is -0.146. The molecule has 1 aliphatic carbocycles. The molecule has 23 heavy (non-hydrogen) atoms. The minimum atomic E-state index is -0.596. The zero-order valence-corrected chi connectivity index (χ0v) is 13.7. The first kappa shape index (κ1) is 14.7. The van der Waals surface area contributed by atoms with Crippen molar-refractivity contribution in [2.75, 3.05) is 13.1 Å². The van der Waals surface area contributed by atoms with Crippen molar-refractivity contribution in [2.45, 2.75) is 63.6 Å². The second kappa shape index (κ2) is 5.35. The van der Waals surface area contributed by atoms with Gasteiger partial charge in [0.1, 0.15) is 11.2 Å². The molecule has 1 atom stereocenters. The van der Waals surface area contributed by atoms with E-state index >= 15 is 0 Å². The number of hydrogen-bond donors (Lipinski definition) is 0. The van der Waals surface area contributed by atoms with E-state index in [2.05, 4.69) is 5.10 Å². The van der Waals surface area contributed by atoms with Crippen LogP contribution in [0.25, 0.3) is 0 Å².